The third-order valence-corrected chi connectivity index (χ3v) is 5.83. The highest BCUT2D eigenvalue weighted by atomic mass is 32.2. The summed E-state index contributed by atoms with van der Waals surface area (Å²) in [5, 5.41) is 0.409. The first-order chi connectivity index (χ1) is 14.6. The van der Waals surface area contributed by atoms with E-state index in [0.29, 0.717) is 35.6 Å². The summed E-state index contributed by atoms with van der Waals surface area (Å²) in [5.41, 5.74) is 2.96. The molecule has 3 aromatic rings. The average Bonchev–Trinajstić information content (AvgIpc) is 3.25. The number of benzene rings is 2. The van der Waals surface area contributed by atoms with E-state index in [0.717, 1.165) is 17.5 Å². The zero-order valence-electron chi connectivity index (χ0n) is 16.7. The van der Waals surface area contributed by atoms with Gasteiger partial charge in [-0.25, -0.2) is 9.37 Å². The molecule has 0 unspecified atom stereocenters. The second kappa shape index (κ2) is 8.79. The summed E-state index contributed by atoms with van der Waals surface area (Å²) in [6.45, 7) is 1.18. The molecule has 30 heavy (non-hydrogen) atoms. The molecule has 2 heterocycles. The van der Waals surface area contributed by atoms with Crippen LogP contribution in [0.1, 0.15) is 11.1 Å². The maximum Gasteiger partial charge on any atom is 0.256 e. The summed E-state index contributed by atoms with van der Waals surface area (Å²) in [6, 6.07) is 9.91. The van der Waals surface area contributed by atoms with Crippen LogP contribution < -0.4 is 9.47 Å². The van der Waals surface area contributed by atoms with Crippen molar-refractivity contribution in [1.82, 2.24) is 9.88 Å². The minimum absolute atomic E-state index is 0.0157. The quantitative estimate of drug-likeness (QED) is 0.549. The van der Waals surface area contributed by atoms with Gasteiger partial charge in [0.25, 0.3) is 5.22 Å². The summed E-state index contributed by atoms with van der Waals surface area (Å²) >= 11 is 1.25. The Balaban J connectivity index is 1.38. The lowest BCUT2D eigenvalue weighted by atomic mass is 9.99. The number of carbonyl (C=O) groups excluding carboxylic acids is 1. The lowest BCUT2D eigenvalue weighted by molar-refractivity contribution is -0.129. The third-order valence-electron chi connectivity index (χ3n) is 5.00. The van der Waals surface area contributed by atoms with Gasteiger partial charge in [-0.2, -0.15) is 0 Å². The smallest absolute Gasteiger partial charge is 0.256 e. The molecule has 1 aliphatic rings. The van der Waals surface area contributed by atoms with Crippen LogP contribution in [0.5, 0.6) is 11.5 Å². The minimum Gasteiger partial charge on any atom is -0.493 e. The van der Waals surface area contributed by atoms with E-state index in [2.05, 4.69) is 4.98 Å². The Morgan fingerprint density at radius 3 is 2.57 bits per heavy atom. The Labute approximate surface area is 178 Å². The summed E-state index contributed by atoms with van der Waals surface area (Å²) in [5.74, 6) is 1.84. The van der Waals surface area contributed by atoms with Gasteiger partial charge in [0, 0.05) is 18.7 Å². The second-order valence-corrected chi connectivity index (χ2v) is 7.75. The first kappa shape index (κ1) is 20.3. The molecule has 4 rings (SSSR count). The molecule has 0 spiro atoms. The number of rotatable bonds is 6. The lowest BCUT2D eigenvalue weighted by Gasteiger charge is -2.29. The monoisotopic (exact) mass is 428 g/mol. The maximum atomic E-state index is 13.1. The number of ether oxygens (including phenoxy) is 2. The summed E-state index contributed by atoms with van der Waals surface area (Å²) < 4.78 is 29.5. The number of nitrogens with zero attached hydrogens (tertiary/aromatic N) is 2. The number of aromatic nitrogens is 1. The number of hydrogen-bond acceptors (Lipinski definition) is 6. The van der Waals surface area contributed by atoms with Gasteiger partial charge in [-0.3, -0.25) is 4.79 Å². The Kier molecular flexibility index (Phi) is 5.94. The molecule has 0 fully saturated rings. The Morgan fingerprint density at radius 1 is 1.17 bits per heavy atom. The van der Waals surface area contributed by atoms with Gasteiger partial charge in [-0.05, 0) is 53.9 Å². The highest BCUT2D eigenvalue weighted by Crippen LogP contribution is 2.33. The normalized spacial score (nSPS) is 13.1. The first-order valence-corrected chi connectivity index (χ1v) is 10.4. The van der Waals surface area contributed by atoms with Crippen LogP contribution in [0.3, 0.4) is 0 Å². The third kappa shape index (κ3) is 4.28. The van der Waals surface area contributed by atoms with Crippen molar-refractivity contribution in [2.75, 3.05) is 26.5 Å². The van der Waals surface area contributed by atoms with Crippen LogP contribution in [0.2, 0.25) is 0 Å². The number of halogens is 1. The van der Waals surface area contributed by atoms with Gasteiger partial charge in [-0.15, -0.1) is 0 Å². The molecule has 0 N–H and O–H groups in total. The lowest BCUT2D eigenvalue weighted by Crippen LogP contribution is -2.37. The van der Waals surface area contributed by atoms with Crippen LogP contribution in [0.15, 0.2) is 52.2 Å². The van der Waals surface area contributed by atoms with E-state index in [1.807, 2.05) is 17.0 Å². The van der Waals surface area contributed by atoms with Crippen molar-refractivity contribution < 1.29 is 23.1 Å². The molecule has 6 nitrogen and oxygen atoms in total. The van der Waals surface area contributed by atoms with E-state index >= 15 is 0 Å². The zero-order chi connectivity index (χ0) is 21.1. The molecule has 0 atom stereocenters. The van der Waals surface area contributed by atoms with Crippen LogP contribution >= 0.6 is 11.8 Å². The number of hydrogen-bond donors (Lipinski definition) is 0. The standard InChI is InChI=1S/C22H21FN2O4S/c1-27-18-9-15-7-8-25(12-16(15)10-19(18)28-2)21(26)13-30-22-24-11-20(29-22)14-3-5-17(23)6-4-14/h3-6,9-11H,7-8,12-13H2,1-2H3. The molecule has 8 heteroatoms. The topological polar surface area (TPSA) is 64.8 Å². The summed E-state index contributed by atoms with van der Waals surface area (Å²) in [7, 11) is 3.22. The van der Waals surface area contributed by atoms with Crippen LogP contribution in [-0.4, -0.2) is 42.3 Å². The number of amides is 1. The van der Waals surface area contributed by atoms with Crippen molar-refractivity contribution in [3.63, 3.8) is 0 Å². The molecule has 1 aliphatic heterocycles. The summed E-state index contributed by atoms with van der Waals surface area (Å²) in [4.78, 5) is 18.7. The molecule has 156 valence electrons. The predicted octanol–water partition coefficient (Wildman–Crippen LogP) is 4.17. The van der Waals surface area contributed by atoms with Crippen molar-refractivity contribution in [2.24, 2.45) is 0 Å². The highest BCUT2D eigenvalue weighted by Gasteiger charge is 2.23. The van der Waals surface area contributed by atoms with Gasteiger partial charge in [0.15, 0.2) is 17.3 Å². The van der Waals surface area contributed by atoms with E-state index in [-0.39, 0.29) is 17.5 Å². The fraction of sp³-hybridized carbons (Fsp3) is 0.273. The van der Waals surface area contributed by atoms with Crippen LogP contribution in [-0.2, 0) is 17.8 Å². The predicted molar refractivity (Wildman–Crippen MR) is 111 cm³/mol. The maximum absolute atomic E-state index is 13.1. The van der Waals surface area contributed by atoms with Gasteiger partial charge < -0.3 is 18.8 Å². The fourth-order valence-corrected chi connectivity index (χ4v) is 4.09. The van der Waals surface area contributed by atoms with Crippen molar-refractivity contribution >= 4 is 17.7 Å². The zero-order valence-corrected chi connectivity index (χ0v) is 17.5. The number of thioether (sulfide) groups is 1. The van der Waals surface area contributed by atoms with E-state index < -0.39 is 0 Å². The SMILES string of the molecule is COc1cc2c(cc1OC)CN(C(=O)CSc1ncc(-c3ccc(F)cc3)o1)CC2. The van der Waals surface area contributed by atoms with Gasteiger partial charge in [-0.1, -0.05) is 11.8 Å². The van der Waals surface area contributed by atoms with Crippen LogP contribution in [0, 0.1) is 5.82 Å². The van der Waals surface area contributed by atoms with Gasteiger partial charge in [0.1, 0.15) is 5.82 Å². The molecule has 1 amide bonds. The molecule has 0 bridgehead atoms. The van der Waals surface area contributed by atoms with Gasteiger partial charge in [0.05, 0.1) is 26.2 Å². The van der Waals surface area contributed by atoms with Crippen molar-refractivity contribution in [3.8, 4) is 22.8 Å². The molecular weight excluding hydrogens is 407 g/mol. The molecule has 2 aromatic carbocycles. The van der Waals surface area contributed by atoms with E-state index in [4.69, 9.17) is 13.9 Å². The molecule has 0 aliphatic carbocycles. The number of fused-ring (bicyclic) bond motifs is 1. The Morgan fingerprint density at radius 2 is 1.87 bits per heavy atom. The Bertz CT molecular complexity index is 1050. The van der Waals surface area contributed by atoms with Crippen LogP contribution in [0.4, 0.5) is 4.39 Å². The number of methoxy groups -OCH3 is 2. The van der Waals surface area contributed by atoms with Gasteiger partial charge >= 0.3 is 0 Å². The van der Waals surface area contributed by atoms with Gasteiger partial charge in [0.2, 0.25) is 5.91 Å². The van der Waals surface area contributed by atoms with Crippen molar-refractivity contribution in [3.05, 3.63) is 59.5 Å². The first-order valence-electron chi connectivity index (χ1n) is 9.43. The molecule has 1 aromatic heterocycles. The van der Waals surface area contributed by atoms with E-state index in [9.17, 15) is 9.18 Å². The minimum atomic E-state index is -0.308. The largest absolute Gasteiger partial charge is 0.493 e. The second-order valence-electron chi connectivity index (χ2n) is 6.83. The number of oxazole rings is 1. The fourth-order valence-electron chi connectivity index (χ4n) is 3.38. The van der Waals surface area contributed by atoms with Crippen molar-refractivity contribution in [2.45, 2.75) is 18.2 Å². The van der Waals surface area contributed by atoms with E-state index in [1.165, 1.54) is 29.5 Å². The Hall–Kier alpha value is -3.00. The number of carbonyl (C=O) groups is 1. The average molecular weight is 428 g/mol. The molecule has 0 radical (unpaired) electrons. The molecular formula is C22H21FN2O4S. The van der Waals surface area contributed by atoms with Crippen LogP contribution in [0.25, 0.3) is 11.3 Å². The van der Waals surface area contributed by atoms with Crippen molar-refractivity contribution in [1.29, 1.82) is 0 Å². The summed E-state index contributed by atoms with van der Waals surface area (Å²) in [6.07, 6.45) is 2.34. The molecule has 0 saturated heterocycles. The highest BCUT2D eigenvalue weighted by molar-refractivity contribution is 7.99. The van der Waals surface area contributed by atoms with E-state index in [1.54, 1.807) is 32.5 Å². The molecule has 0 saturated carbocycles.